The predicted molar refractivity (Wildman–Crippen MR) is 150 cm³/mol. The van der Waals surface area contributed by atoms with Crippen LogP contribution in [0.3, 0.4) is 0 Å². The highest BCUT2D eigenvalue weighted by atomic mass is 16.5. The number of rotatable bonds is 11. The Balaban J connectivity index is 1.46. The third-order valence-corrected chi connectivity index (χ3v) is 7.69. The van der Waals surface area contributed by atoms with Crippen molar-refractivity contribution >= 4 is 23.5 Å². The van der Waals surface area contributed by atoms with Crippen LogP contribution < -0.4 is 15.6 Å². The zero-order chi connectivity index (χ0) is 26.6. The standard InChI is InChI=1S/C30H35N5O3/c1-4-26(36)32-24-12-7-13-25(16-24)35-19-22(10-6-11-23-18-34(2)33-29(23)38-3)28-27(30(35)37)21(17-31-28)15-14-20-8-5-9-20/h4,7,12-13,16-21H,1,5-6,8-11,14-15H2,2-3H3,(H,32,36). The number of aryl methyl sites for hydroxylation is 3. The fourth-order valence-electron chi connectivity index (χ4n) is 5.45. The van der Waals surface area contributed by atoms with Crippen molar-refractivity contribution in [3.63, 3.8) is 0 Å². The molecule has 1 atom stereocenters. The lowest BCUT2D eigenvalue weighted by Gasteiger charge is -2.26. The van der Waals surface area contributed by atoms with Gasteiger partial charge in [0.05, 0.1) is 24.0 Å². The number of ether oxygens (including phenoxy) is 1. The summed E-state index contributed by atoms with van der Waals surface area (Å²) in [6, 6.07) is 7.35. The number of fused-ring (bicyclic) bond motifs is 1. The molecule has 0 saturated heterocycles. The van der Waals surface area contributed by atoms with Crippen LogP contribution in [0.25, 0.3) is 5.69 Å². The van der Waals surface area contributed by atoms with Gasteiger partial charge in [-0.2, -0.15) is 0 Å². The van der Waals surface area contributed by atoms with E-state index in [0.29, 0.717) is 17.3 Å². The summed E-state index contributed by atoms with van der Waals surface area (Å²) in [4.78, 5) is 30.5. The zero-order valence-corrected chi connectivity index (χ0v) is 22.2. The molecule has 198 valence electrons. The van der Waals surface area contributed by atoms with Gasteiger partial charge >= 0.3 is 0 Å². The van der Waals surface area contributed by atoms with E-state index in [1.54, 1.807) is 22.4 Å². The number of nitrogens with one attached hydrogen (secondary N) is 1. The number of hydrogen-bond donors (Lipinski definition) is 1. The summed E-state index contributed by atoms with van der Waals surface area (Å²) < 4.78 is 8.90. The van der Waals surface area contributed by atoms with Crippen LogP contribution in [-0.2, 0) is 24.7 Å². The number of methoxy groups -OCH3 is 1. The summed E-state index contributed by atoms with van der Waals surface area (Å²) in [6.07, 6.45) is 15.5. The van der Waals surface area contributed by atoms with Crippen LogP contribution in [0.5, 0.6) is 5.88 Å². The fourth-order valence-corrected chi connectivity index (χ4v) is 5.45. The van der Waals surface area contributed by atoms with E-state index in [1.165, 1.54) is 25.3 Å². The SMILES string of the molecule is C=CC(=O)Nc1cccc(-n2cc(CCCc3cn(C)nc3OC)c3c(c2=O)C(CCC2CCC2)C=N3)c1. The first-order chi connectivity index (χ1) is 18.5. The van der Waals surface area contributed by atoms with Gasteiger partial charge in [-0.1, -0.05) is 31.9 Å². The van der Waals surface area contributed by atoms with Crippen LogP contribution in [0.2, 0.25) is 0 Å². The highest BCUT2D eigenvalue weighted by molar-refractivity contribution is 5.99. The van der Waals surface area contributed by atoms with Gasteiger partial charge in [-0.05, 0) is 67.9 Å². The van der Waals surface area contributed by atoms with Gasteiger partial charge < -0.3 is 10.1 Å². The minimum atomic E-state index is -0.292. The van der Waals surface area contributed by atoms with Crippen molar-refractivity contribution < 1.29 is 9.53 Å². The first kappa shape index (κ1) is 25.7. The second-order valence-electron chi connectivity index (χ2n) is 10.3. The second kappa shape index (κ2) is 11.2. The average molecular weight is 514 g/mol. The van der Waals surface area contributed by atoms with Crippen molar-refractivity contribution in [2.24, 2.45) is 18.0 Å². The lowest BCUT2D eigenvalue weighted by Crippen LogP contribution is -2.25. The Hall–Kier alpha value is -3.94. The number of hydrogen-bond acceptors (Lipinski definition) is 5. The van der Waals surface area contributed by atoms with E-state index in [9.17, 15) is 9.59 Å². The molecule has 1 saturated carbocycles. The first-order valence-electron chi connectivity index (χ1n) is 13.4. The van der Waals surface area contributed by atoms with Gasteiger partial charge in [0.15, 0.2) is 0 Å². The van der Waals surface area contributed by atoms with Crippen molar-refractivity contribution in [1.82, 2.24) is 14.3 Å². The van der Waals surface area contributed by atoms with Crippen LogP contribution in [0.1, 0.15) is 61.1 Å². The van der Waals surface area contributed by atoms with Gasteiger partial charge in [0.1, 0.15) is 0 Å². The average Bonchev–Trinajstić information content (AvgIpc) is 3.48. The van der Waals surface area contributed by atoms with Crippen molar-refractivity contribution in [1.29, 1.82) is 0 Å². The molecular weight excluding hydrogens is 478 g/mol. The van der Waals surface area contributed by atoms with Gasteiger partial charge in [-0.15, -0.1) is 5.10 Å². The number of carbonyl (C=O) groups is 1. The Labute approximate surface area is 223 Å². The number of aliphatic imine (C=N–C) groups is 1. The molecule has 0 spiro atoms. The normalized spacial score (nSPS) is 16.2. The quantitative estimate of drug-likeness (QED) is 0.354. The van der Waals surface area contributed by atoms with Crippen molar-refractivity contribution in [3.8, 4) is 11.6 Å². The van der Waals surface area contributed by atoms with Crippen LogP contribution >= 0.6 is 0 Å². The fraction of sp³-hybridized carbons (Fsp3) is 0.400. The van der Waals surface area contributed by atoms with Crippen LogP contribution in [0.4, 0.5) is 11.4 Å². The number of amides is 1. The van der Waals surface area contributed by atoms with Gasteiger partial charge in [0, 0.05) is 42.8 Å². The number of pyridine rings is 1. The monoisotopic (exact) mass is 513 g/mol. The molecule has 2 aromatic heterocycles. The largest absolute Gasteiger partial charge is 0.480 e. The number of benzene rings is 1. The third-order valence-electron chi connectivity index (χ3n) is 7.69. The van der Waals surface area contributed by atoms with Gasteiger partial charge in [0.2, 0.25) is 11.8 Å². The molecule has 1 fully saturated rings. The summed E-state index contributed by atoms with van der Waals surface area (Å²) in [5, 5.41) is 7.15. The Morgan fingerprint density at radius 3 is 2.76 bits per heavy atom. The Kier molecular flexibility index (Phi) is 7.58. The Morgan fingerprint density at radius 2 is 2.03 bits per heavy atom. The van der Waals surface area contributed by atoms with E-state index < -0.39 is 0 Å². The van der Waals surface area contributed by atoms with Crippen LogP contribution in [0, 0.1) is 5.92 Å². The molecule has 1 amide bonds. The maximum Gasteiger partial charge on any atom is 0.261 e. The van der Waals surface area contributed by atoms with Crippen molar-refractivity contribution in [2.45, 2.75) is 57.3 Å². The molecule has 38 heavy (non-hydrogen) atoms. The molecule has 1 aromatic carbocycles. The molecule has 2 aliphatic rings. The maximum atomic E-state index is 13.9. The molecule has 0 radical (unpaired) electrons. The highest BCUT2D eigenvalue weighted by Crippen LogP contribution is 2.39. The van der Waals surface area contributed by atoms with E-state index >= 15 is 0 Å². The molecule has 1 unspecified atom stereocenters. The molecule has 0 bridgehead atoms. The van der Waals surface area contributed by atoms with Gasteiger partial charge in [-0.25, -0.2) is 0 Å². The lowest BCUT2D eigenvalue weighted by molar-refractivity contribution is -0.111. The summed E-state index contributed by atoms with van der Waals surface area (Å²) in [5.74, 6) is 1.17. The van der Waals surface area contributed by atoms with E-state index in [4.69, 9.17) is 9.73 Å². The Bertz CT molecular complexity index is 1430. The molecule has 3 aromatic rings. The summed E-state index contributed by atoms with van der Waals surface area (Å²) >= 11 is 0. The van der Waals surface area contributed by atoms with E-state index in [1.807, 2.05) is 43.9 Å². The zero-order valence-electron chi connectivity index (χ0n) is 22.2. The Morgan fingerprint density at radius 1 is 1.21 bits per heavy atom. The molecule has 5 rings (SSSR count). The molecule has 1 aliphatic heterocycles. The molecule has 3 heterocycles. The summed E-state index contributed by atoms with van der Waals surface area (Å²) in [7, 11) is 3.53. The summed E-state index contributed by atoms with van der Waals surface area (Å²) in [6.45, 7) is 3.52. The van der Waals surface area contributed by atoms with E-state index in [0.717, 1.165) is 60.4 Å². The predicted octanol–water partition coefficient (Wildman–Crippen LogP) is 5.26. The third kappa shape index (κ3) is 5.35. The minimum Gasteiger partial charge on any atom is -0.480 e. The number of aromatic nitrogens is 3. The van der Waals surface area contributed by atoms with Gasteiger partial charge in [-0.3, -0.25) is 23.8 Å². The maximum absolute atomic E-state index is 13.9. The van der Waals surface area contributed by atoms with E-state index in [2.05, 4.69) is 17.0 Å². The molecule has 8 heteroatoms. The van der Waals surface area contributed by atoms with E-state index in [-0.39, 0.29) is 17.4 Å². The molecule has 8 nitrogen and oxygen atoms in total. The number of anilines is 1. The van der Waals surface area contributed by atoms with Crippen molar-refractivity contribution in [3.05, 3.63) is 76.4 Å². The summed E-state index contributed by atoms with van der Waals surface area (Å²) in [5.41, 5.74) is 5.02. The number of nitrogens with zero attached hydrogens (tertiary/aromatic N) is 4. The first-order valence-corrected chi connectivity index (χ1v) is 13.4. The smallest absolute Gasteiger partial charge is 0.261 e. The van der Waals surface area contributed by atoms with Crippen LogP contribution in [0.15, 0.2) is 59.1 Å². The van der Waals surface area contributed by atoms with Crippen LogP contribution in [-0.4, -0.2) is 33.6 Å². The lowest BCUT2D eigenvalue weighted by atomic mass is 9.80. The molecular formula is C30H35N5O3. The molecule has 1 aliphatic carbocycles. The van der Waals surface area contributed by atoms with Crippen molar-refractivity contribution in [2.75, 3.05) is 12.4 Å². The highest BCUT2D eigenvalue weighted by Gasteiger charge is 2.28. The topological polar surface area (TPSA) is 90.5 Å². The van der Waals surface area contributed by atoms with Gasteiger partial charge in [0.25, 0.3) is 5.56 Å². The second-order valence-corrected chi connectivity index (χ2v) is 10.3. The minimum absolute atomic E-state index is 0.0337. The molecule has 1 N–H and O–H groups in total. The number of carbonyl (C=O) groups excluding carboxylic acids is 1.